The number of hydrogen-bond donors (Lipinski definition) is 3. The van der Waals surface area contributed by atoms with Crippen molar-refractivity contribution in [1.29, 1.82) is 0 Å². The maximum atomic E-state index is 12.4. The molecule has 0 atom stereocenters. The average Bonchev–Trinajstić information content (AvgIpc) is 3.51. The SMILES string of the molecule is Cc1cccc(-c2nccc3[nH]c(-c4n[nH]c5ccc(-c6cncc(NC(=O)CC(C)(C)C)c6)nc45)nc23)c1. The van der Waals surface area contributed by atoms with Gasteiger partial charge in [-0.1, -0.05) is 44.5 Å². The number of aryl methyl sites for hydroxylation is 1. The van der Waals surface area contributed by atoms with E-state index in [1.165, 1.54) is 0 Å². The number of rotatable bonds is 5. The second-order valence-electron chi connectivity index (χ2n) is 10.9. The highest BCUT2D eigenvalue weighted by molar-refractivity contribution is 5.95. The van der Waals surface area contributed by atoms with Crippen molar-refractivity contribution in [3.8, 4) is 34.0 Å². The number of fused-ring (bicyclic) bond motifs is 2. The van der Waals surface area contributed by atoms with E-state index in [-0.39, 0.29) is 11.3 Å². The monoisotopic (exact) mass is 516 g/mol. The summed E-state index contributed by atoms with van der Waals surface area (Å²) in [6.45, 7) is 8.16. The molecule has 194 valence electrons. The molecule has 0 unspecified atom stereocenters. The van der Waals surface area contributed by atoms with Gasteiger partial charge in [0, 0.05) is 29.9 Å². The number of imidazole rings is 1. The van der Waals surface area contributed by atoms with E-state index in [1.54, 1.807) is 18.6 Å². The number of benzene rings is 1. The molecule has 0 bridgehead atoms. The van der Waals surface area contributed by atoms with Gasteiger partial charge in [-0.25, -0.2) is 9.97 Å². The number of aromatic amines is 2. The summed E-state index contributed by atoms with van der Waals surface area (Å²) < 4.78 is 0. The molecule has 6 aromatic rings. The van der Waals surface area contributed by atoms with E-state index >= 15 is 0 Å². The van der Waals surface area contributed by atoms with Crippen molar-refractivity contribution >= 4 is 33.7 Å². The van der Waals surface area contributed by atoms with Crippen LogP contribution in [0.15, 0.2) is 67.1 Å². The minimum atomic E-state index is -0.104. The van der Waals surface area contributed by atoms with Gasteiger partial charge in [0.1, 0.15) is 11.0 Å². The maximum Gasteiger partial charge on any atom is 0.224 e. The molecule has 0 aliphatic heterocycles. The van der Waals surface area contributed by atoms with Crippen LogP contribution >= 0.6 is 0 Å². The van der Waals surface area contributed by atoms with Gasteiger partial charge < -0.3 is 10.3 Å². The van der Waals surface area contributed by atoms with Gasteiger partial charge in [-0.05, 0) is 42.7 Å². The summed E-state index contributed by atoms with van der Waals surface area (Å²) >= 11 is 0. The molecule has 6 rings (SSSR count). The van der Waals surface area contributed by atoms with Gasteiger partial charge in [-0.15, -0.1) is 0 Å². The molecule has 3 N–H and O–H groups in total. The fraction of sp³-hybridized carbons (Fsp3) is 0.200. The Labute approximate surface area is 225 Å². The standard InChI is InChI=1S/C30H28N8O/c1-17-6-5-7-18(12-17)25-26-22(10-11-32-25)35-29(36-26)28-27-23(37-38-28)9-8-21(34-27)19-13-20(16-31-15-19)33-24(39)14-30(2,3)4/h5-13,15-16H,14H2,1-4H3,(H,33,39)(H,35,36)(H,37,38). The highest BCUT2D eigenvalue weighted by Gasteiger charge is 2.19. The van der Waals surface area contributed by atoms with Gasteiger partial charge in [0.25, 0.3) is 0 Å². The van der Waals surface area contributed by atoms with Crippen LogP contribution in [-0.4, -0.2) is 41.0 Å². The van der Waals surface area contributed by atoms with Gasteiger partial charge >= 0.3 is 0 Å². The maximum absolute atomic E-state index is 12.4. The van der Waals surface area contributed by atoms with Gasteiger partial charge in [-0.3, -0.25) is 19.9 Å². The molecule has 0 spiro atoms. The molecule has 9 heteroatoms. The van der Waals surface area contributed by atoms with E-state index in [0.29, 0.717) is 34.8 Å². The summed E-state index contributed by atoms with van der Waals surface area (Å²) in [5, 5.41) is 10.5. The smallest absolute Gasteiger partial charge is 0.224 e. The van der Waals surface area contributed by atoms with Gasteiger partial charge in [0.15, 0.2) is 11.5 Å². The second-order valence-corrected chi connectivity index (χ2v) is 10.9. The summed E-state index contributed by atoms with van der Waals surface area (Å²) in [6.07, 6.45) is 5.56. The Bertz CT molecular complexity index is 1840. The Kier molecular flexibility index (Phi) is 5.91. The zero-order chi connectivity index (χ0) is 27.1. The molecule has 1 amide bonds. The van der Waals surface area contributed by atoms with E-state index in [9.17, 15) is 4.79 Å². The molecular formula is C30H28N8O. The van der Waals surface area contributed by atoms with Crippen molar-refractivity contribution in [2.24, 2.45) is 5.41 Å². The first-order chi connectivity index (χ1) is 18.7. The van der Waals surface area contributed by atoms with Crippen molar-refractivity contribution in [2.75, 3.05) is 5.32 Å². The molecule has 0 saturated heterocycles. The first kappa shape index (κ1) is 24.4. The molecule has 0 radical (unpaired) electrons. The lowest BCUT2D eigenvalue weighted by molar-refractivity contribution is -0.117. The number of carbonyl (C=O) groups is 1. The zero-order valence-electron chi connectivity index (χ0n) is 22.2. The molecule has 5 heterocycles. The second kappa shape index (κ2) is 9.43. The zero-order valence-corrected chi connectivity index (χ0v) is 22.2. The number of anilines is 1. The molecule has 1 aromatic carbocycles. The minimum Gasteiger partial charge on any atom is -0.336 e. The Morgan fingerprint density at radius 2 is 1.77 bits per heavy atom. The summed E-state index contributed by atoms with van der Waals surface area (Å²) in [5.41, 5.74) is 8.71. The van der Waals surface area contributed by atoms with E-state index in [1.807, 2.05) is 57.2 Å². The highest BCUT2D eigenvalue weighted by Crippen LogP contribution is 2.31. The van der Waals surface area contributed by atoms with Gasteiger partial charge in [0.05, 0.1) is 34.3 Å². The number of nitrogens with one attached hydrogen (secondary N) is 3. The van der Waals surface area contributed by atoms with Crippen molar-refractivity contribution in [2.45, 2.75) is 34.1 Å². The Hall–Kier alpha value is -4.92. The molecule has 9 nitrogen and oxygen atoms in total. The minimum absolute atomic E-state index is 0.0496. The Balaban J connectivity index is 1.37. The number of aromatic nitrogens is 7. The number of hydrogen-bond acceptors (Lipinski definition) is 6. The summed E-state index contributed by atoms with van der Waals surface area (Å²) in [7, 11) is 0. The van der Waals surface area contributed by atoms with Crippen molar-refractivity contribution < 1.29 is 4.79 Å². The Morgan fingerprint density at radius 1 is 0.923 bits per heavy atom. The predicted octanol–water partition coefficient (Wildman–Crippen LogP) is 6.31. The number of carbonyl (C=O) groups excluding carboxylic acids is 1. The quantitative estimate of drug-likeness (QED) is 0.247. The van der Waals surface area contributed by atoms with Gasteiger partial charge in [-0.2, -0.15) is 5.10 Å². The third-order valence-corrected chi connectivity index (χ3v) is 6.33. The van der Waals surface area contributed by atoms with Crippen LogP contribution in [0.3, 0.4) is 0 Å². The fourth-order valence-corrected chi connectivity index (χ4v) is 4.61. The van der Waals surface area contributed by atoms with Crippen LogP contribution in [-0.2, 0) is 4.79 Å². The van der Waals surface area contributed by atoms with Crippen molar-refractivity contribution in [3.63, 3.8) is 0 Å². The summed E-state index contributed by atoms with van der Waals surface area (Å²) in [6, 6.07) is 15.8. The molecule has 0 fully saturated rings. The number of amides is 1. The van der Waals surface area contributed by atoms with Crippen LogP contribution in [0.1, 0.15) is 32.8 Å². The van der Waals surface area contributed by atoms with E-state index in [0.717, 1.165) is 38.9 Å². The largest absolute Gasteiger partial charge is 0.336 e. The van der Waals surface area contributed by atoms with Crippen LogP contribution in [0.2, 0.25) is 0 Å². The molecule has 5 aromatic heterocycles. The number of nitrogens with zero attached hydrogens (tertiary/aromatic N) is 5. The molecule has 0 saturated carbocycles. The van der Waals surface area contributed by atoms with Crippen molar-refractivity contribution in [1.82, 2.24) is 35.1 Å². The van der Waals surface area contributed by atoms with Crippen LogP contribution in [0.25, 0.3) is 56.1 Å². The van der Waals surface area contributed by atoms with E-state index in [4.69, 9.17) is 9.97 Å². The predicted molar refractivity (Wildman–Crippen MR) is 153 cm³/mol. The molecule has 39 heavy (non-hydrogen) atoms. The van der Waals surface area contributed by atoms with Gasteiger partial charge in [0.2, 0.25) is 5.91 Å². The van der Waals surface area contributed by atoms with Crippen LogP contribution in [0.5, 0.6) is 0 Å². The molecule has 0 aliphatic rings. The Morgan fingerprint density at radius 3 is 2.59 bits per heavy atom. The highest BCUT2D eigenvalue weighted by atomic mass is 16.1. The first-order valence-corrected chi connectivity index (χ1v) is 12.8. The number of H-pyrrole nitrogens is 2. The fourth-order valence-electron chi connectivity index (χ4n) is 4.61. The van der Waals surface area contributed by atoms with Crippen LogP contribution < -0.4 is 5.32 Å². The summed E-state index contributed by atoms with van der Waals surface area (Å²) in [5.74, 6) is 0.551. The lowest BCUT2D eigenvalue weighted by Gasteiger charge is -2.17. The first-order valence-electron chi connectivity index (χ1n) is 12.8. The lowest BCUT2D eigenvalue weighted by Crippen LogP contribution is -2.19. The third-order valence-electron chi connectivity index (χ3n) is 6.33. The third kappa shape index (κ3) is 4.98. The van der Waals surface area contributed by atoms with E-state index in [2.05, 4.69) is 49.5 Å². The topological polar surface area (TPSA) is 125 Å². The van der Waals surface area contributed by atoms with Crippen molar-refractivity contribution in [3.05, 3.63) is 72.7 Å². The lowest BCUT2D eigenvalue weighted by atomic mass is 9.92. The summed E-state index contributed by atoms with van der Waals surface area (Å²) in [4.78, 5) is 34.6. The van der Waals surface area contributed by atoms with Crippen LogP contribution in [0.4, 0.5) is 5.69 Å². The molecular weight excluding hydrogens is 488 g/mol. The normalized spacial score (nSPS) is 11.8. The molecule has 0 aliphatic carbocycles. The average molecular weight is 517 g/mol. The number of pyridine rings is 3. The van der Waals surface area contributed by atoms with Crippen LogP contribution in [0, 0.1) is 12.3 Å². The van der Waals surface area contributed by atoms with E-state index < -0.39 is 0 Å².